The molecule has 0 aromatic heterocycles. The molecule has 1 aliphatic heterocycles. The van der Waals surface area contributed by atoms with Crippen molar-refractivity contribution >= 4 is 21.5 Å². The molecule has 1 rings (SSSR count). The molecule has 0 N–H and O–H groups in total. The molecule has 1 fully saturated rings. The standard InChI is InChI=1S/C11H24N2O7P2/c1-5-17-21(15,18-6-2)12-9-10-13(11(12)14)22(16,19-7-3)20-8-4/h5-10H2,1-4H3. The Morgan fingerprint density at radius 1 is 0.773 bits per heavy atom. The highest BCUT2D eigenvalue weighted by atomic mass is 31.2. The van der Waals surface area contributed by atoms with Crippen molar-refractivity contribution in [3.05, 3.63) is 0 Å². The maximum Gasteiger partial charge on any atom is 0.438 e. The highest BCUT2D eigenvalue weighted by molar-refractivity contribution is 7.54. The zero-order valence-electron chi connectivity index (χ0n) is 13.4. The van der Waals surface area contributed by atoms with Crippen molar-refractivity contribution in [2.24, 2.45) is 0 Å². The van der Waals surface area contributed by atoms with Gasteiger partial charge in [-0.05, 0) is 27.7 Å². The van der Waals surface area contributed by atoms with Crippen LogP contribution in [0.2, 0.25) is 0 Å². The largest absolute Gasteiger partial charge is 0.438 e. The Bertz CT molecular complexity index is 413. The number of rotatable bonds is 10. The van der Waals surface area contributed by atoms with Crippen LogP contribution in [0.3, 0.4) is 0 Å². The summed E-state index contributed by atoms with van der Waals surface area (Å²) in [6.07, 6.45) is 0. The van der Waals surface area contributed by atoms with E-state index in [1.165, 1.54) is 0 Å². The molecule has 1 heterocycles. The fraction of sp³-hybridized carbons (Fsp3) is 0.909. The second-order valence-corrected chi connectivity index (χ2v) is 8.01. The average Bonchev–Trinajstić information content (AvgIpc) is 2.83. The Labute approximate surface area is 131 Å². The minimum Gasteiger partial charge on any atom is -0.292 e. The van der Waals surface area contributed by atoms with Gasteiger partial charge in [-0.1, -0.05) is 0 Å². The molecule has 0 aliphatic carbocycles. The molecule has 0 aromatic carbocycles. The molecule has 11 heteroatoms. The fourth-order valence-corrected chi connectivity index (χ4v) is 5.36. The van der Waals surface area contributed by atoms with Gasteiger partial charge in [-0.3, -0.25) is 18.1 Å². The number of carbonyl (C=O) groups excluding carboxylic acids is 1. The van der Waals surface area contributed by atoms with Crippen LogP contribution in [0.1, 0.15) is 27.7 Å². The molecule has 0 radical (unpaired) electrons. The van der Waals surface area contributed by atoms with Crippen LogP contribution in [0.25, 0.3) is 0 Å². The first kappa shape index (κ1) is 19.6. The highest BCUT2D eigenvalue weighted by Gasteiger charge is 2.50. The highest BCUT2D eigenvalue weighted by Crippen LogP contribution is 2.59. The van der Waals surface area contributed by atoms with Crippen LogP contribution >= 0.6 is 15.5 Å². The van der Waals surface area contributed by atoms with Crippen LogP contribution in [-0.4, -0.2) is 54.9 Å². The number of carbonyl (C=O) groups is 1. The molecule has 0 unspecified atom stereocenters. The second-order valence-electron chi connectivity index (χ2n) is 4.14. The summed E-state index contributed by atoms with van der Waals surface area (Å²) in [5.74, 6) is 0. The van der Waals surface area contributed by atoms with Gasteiger partial charge in [-0.25, -0.2) is 23.3 Å². The molecule has 0 atom stereocenters. The molecule has 1 saturated heterocycles. The van der Waals surface area contributed by atoms with Crippen molar-refractivity contribution in [2.75, 3.05) is 39.5 Å². The summed E-state index contributed by atoms with van der Waals surface area (Å²) in [5, 5.41) is 0. The van der Waals surface area contributed by atoms with Gasteiger partial charge < -0.3 is 0 Å². The smallest absolute Gasteiger partial charge is 0.292 e. The van der Waals surface area contributed by atoms with E-state index in [0.717, 1.165) is 9.34 Å². The van der Waals surface area contributed by atoms with E-state index < -0.39 is 21.5 Å². The van der Waals surface area contributed by atoms with Gasteiger partial charge in [0, 0.05) is 0 Å². The molecule has 0 aromatic rings. The van der Waals surface area contributed by atoms with Gasteiger partial charge in [0.05, 0.1) is 39.5 Å². The van der Waals surface area contributed by atoms with Gasteiger partial charge in [0.15, 0.2) is 0 Å². The maximum absolute atomic E-state index is 12.7. The molecule has 9 nitrogen and oxygen atoms in total. The van der Waals surface area contributed by atoms with Gasteiger partial charge >= 0.3 is 21.5 Å². The van der Waals surface area contributed by atoms with Crippen LogP contribution < -0.4 is 0 Å². The Hall–Kier alpha value is -0.430. The van der Waals surface area contributed by atoms with Crippen molar-refractivity contribution in [3.63, 3.8) is 0 Å². The predicted octanol–water partition coefficient (Wildman–Crippen LogP) is 3.09. The summed E-state index contributed by atoms with van der Waals surface area (Å²) < 4.78 is 47.9. The van der Waals surface area contributed by atoms with Gasteiger partial charge in [-0.15, -0.1) is 0 Å². The molecular weight excluding hydrogens is 334 g/mol. The number of nitrogens with zero attached hydrogens (tertiary/aromatic N) is 2. The molecule has 130 valence electrons. The van der Waals surface area contributed by atoms with Gasteiger partial charge in [0.25, 0.3) is 0 Å². The average molecular weight is 358 g/mol. The zero-order chi connectivity index (χ0) is 16.8. The summed E-state index contributed by atoms with van der Waals surface area (Å²) in [5.41, 5.74) is 0. The van der Waals surface area contributed by atoms with Gasteiger partial charge in [0.2, 0.25) is 0 Å². The van der Waals surface area contributed by atoms with E-state index >= 15 is 0 Å². The summed E-state index contributed by atoms with van der Waals surface area (Å²) in [4.78, 5) is 12.5. The Morgan fingerprint density at radius 2 is 1.05 bits per heavy atom. The molecule has 2 amide bonds. The minimum atomic E-state index is -3.76. The lowest BCUT2D eigenvalue weighted by atomic mass is 10.7. The molecular formula is C11H24N2O7P2. The predicted molar refractivity (Wildman–Crippen MR) is 80.5 cm³/mol. The Kier molecular flexibility index (Phi) is 7.52. The normalized spacial score (nSPS) is 16.6. The van der Waals surface area contributed by atoms with E-state index in [-0.39, 0.29) is 39.5 Å². The summed E-state index contributed by atoms with van der Waals surface area (Å²) in [6.45, 7) is 7.19. The third kappa shape index (κ3) is 4.10. The number of amides is 2. The lowest BCUT2D eigenvalue weighted by Gasteiger charge is -2.28. The summed E-state index contributed by atoms with van der Waals surface area (Å²) >= 11 is 0. The SMILES string of the molecule is CCOP(=O)(OCC)N1CCN(P(=O)(OCC)OCC)C1=O. The monoisotopic (exact) mass is 358 g/mol. The van der Waals surface area contributed by atoms with Crippen molar-refractivity contribution in [2.45, 2.75) is 27.7 Å². The maximum atomic E-state index is 12.7. The van der Waals surface area contributed by atoms with E-state index in [2.05, 4.69) is 0 Å². The second kappa shape index (κ2) is 8.43. The summed E-state index contributed by atoms with van der Waals surface area (Å²) in [6, 6.07) is -0.740. The first-order chi connectivity index (χ1) is 10.4. The third-order valence-electron chi connectivity index (χ3n) is 2.73. The summed E-state index contributed by atoms with van der Waals surface area (Å²) in [7, 11) is -7.52. The number of hydrogen-bond acceptors (Lipinski definition) is 7. The quantitative estimate of drug-likeness (QED) is 0.554. The van der Waals surface area contributed by atoms with E-state index in [9.17, 15) is 13.9 Å². The Balaban J connectivity index is 3.00. The Morgan fingerprint density at radius 3 is 1.27 bits per heavy atom. The lowest BCUT2D eigenvalue weighted by molar-refractivity contribution is 0.161. The van der Waals surface area contributed by atoms with E-state index in [1.54, 1.807) is 27.7 Å². The third-order valence-corrected chi connectivity index (χ3v) is 6.99. The topological polar surface area (TPSA) is 94.6 Å². The van der Waals surface area contributed by atoms with Crippen molar-refractivity contribution in [1.29, 1.82) is 0 Å². The first-order valence-electron chi connectivity index (χ1n) is 7.26. The van der Waals surface area contributed by atoms with Crippen molar-refractivity contribution in [1.82, 2.24) is 9.34 Å². The number of urea groups is 1. The van der Waals surface area contributed by atoms with Crippen LogP contribution in [0.5, 0.6) is 0 Å². The van der Waals surface area contributed by atoms with E-state index in [0.29, 0.717) is 0 Å². The molecule has 0 bridgehead atoms. The first-order valence-corrected chi connectivity index (χ1v) is 10.3. The van der Waals surface area contributed by atoms with Gasteiger partial charge in [0.1, 0.15) is 0 Å². The fourth-order valence-electron chi connectivity index (χ4n) is 1.97. The molecule has 0 spiro atoms. The molecule has 22 heavy (non-hydrogen) atoms. The molecule has 1 aliphatic rings. The van der Waals surface area contributed by atoms with Crippen LogP contribution in [0.4, 0.5) is 4.79 Å². The van der Waals surface area contributed by atoms with Crippen LogP contribution in [0, 0.1) is 0 Å². The van der Waals surface area contributed by atoms with Crippen molar-refractivity contribution < 1.29 is 32.0 Å². The lowest BCUT2D eigenvalue weighted by Crippen LogP contribution is -2.30. The molecule has 0 saturated carbocycles. The van der Waals surface area contributed by atoms with Gasteiger partial charge in [-0.2, -0.15) is 0 Å². The van der Waals surface area contributed by atoms with Crippen LogP contribution in [-0.2, 0) is 27.2 Å². The minimum absolute atomic E-state index is 0.0558. The number of hydrogen-bond donors (Lipinski definition) is 0. The van der Waals surface area contributed by atoms with Crippen molar-refractivity contribution in [3.8, 4) is 0 Å². The van der Waals surface area contributed by atoms with Crippen LogP contribution in [0.15, 0.2) is 0 Å². The zero-order valence-corrected chi connectivity index (χ0v) is 15.2. The van der Waals surface area contributed by atoms with E-state index in [4.69, 9.17) is 18.1 Å². The van der Waals surface area contributed by atoms with E-state index in [1.807, 2.05) is 0 Å².